The Kier molecular flexibility index (Phi) is 7.33. The normalized spacial score (nSPS) is 20.4. The van der Waals surface area contributed by atoms with Crippen LogP contribution in [0.4, 0.5) is 0 Å². The van der Waals surface area contributed by atoms with E-state index >= 15 is 0 Å². The van der Waals surface area contributed by atoms with Gasteiger partial charge in [-0.25, -0.2) is 14.5 Å². The molecule has 9 heteroatoms. The summed E-state index contributed by atoms with van der Waals surface area (Å²) >= 11 is 6.20. The number of rotatable bonds is 5. The number of hydrogen-bond acceptors (Lipinski definition) is 5. The molecule has 0 saturated heterocycles. The fraction of sp³-hybridized carbons (Fsp3) is 0.304. The van der Waals surface area contributed by atoms with Crippen molar-refractivity contribution >= 4 is 30.0 Å². The predicted molar refractivity (Wildman–Crippen MR) is 126 cm³/mol. The van der Waals surface area contributed by atoms with Gasteiger partial charge in [0.25, 0.3) is 5.56 Å². The van der Waals surface area contributed by atoms with Crippen molar-refractivity contribution < 1.29 is 9.90 Å². The zero-order valence-electron chi connectivity index (χ0n) is 17.3. The third-order valence-electron chi connectivity index (χ3n) is 6.19. The molecule has 2 heterocycles. The number of benzene rings is 1. The summed E-state index contributed by atoms with van der Waals surface area (Å²) in [6, 6.07) is 14.0. The lowest BCUT2D eigenvalue weighted by molar-refractivity contribution is 0.0690. The molecule has 3 N–H and O–H groups in total. The summed E-state index contributed by atoms with van der Waals surface area (Å²) in [6.45, 7) is 0.518. The van der Waals surface area contributed by atoms with Crippen LogP contribution in [0, 0.1) is 0 Å². The van der Waals surface area contributed by atoms with Gasteiger partial charge in [0.2, 0.25) is 0 Å². The van der Waals surface area contributed by atoms with Crippen LogP contribution in [-0.4, -0.2) is 32.4 Å². The van der Waals surface area contributed by atoms with E-state index in [1.165, 1.54) is 18.3 Å². The van der Waals surface area contributed by atoms with Gasteiger partial charge in [-0.2, -0.15) is 5.10 Å². The number of carboxylic acid groups (broad SMARTS) is 1. The second kappa shape index (κ2) is 9.81. The van der Waals surface area contributed by atoms with Gasteiger partial charge < -0.3 is 10.8 Å². The van der Waals surface area contributed by atoms with Gasteiger partial charge >= 0.3 is 5.97 Å². The Balaban J connectivity index is 0.00000289. The number of halogens is 2. The number of carboxylic acids is 1. The summed E-state index contributed by atoms with van der Waals surface area (Å²) in [5.74, 6) is -1.09. The molecule has 0 unspecified atom stereocenters. The number of nitrogens with two attached hydrogens (primary N) is 1. The second-order valence-electron chi connectivity index (χ2n) is 7.96. The van der Waals surface area contributed by atoms with Gasteiger partial charge in [0.05, 0.1) is 11.7 Å². The molecule has 1 saturated carbocycles. The minimum Gasteiger partial charge on any atom is -0.477 e. The molecule has 168 valence electrons. The van der Waals surface area contributed by atoms with E-state index in [4.69, 9.17) is 22.4 Å². The maximum Gasteiger partial charge on any atom is 0.354 e. The predicted octanol–water partition coefficient (Wildman–Crippen LogP) is 4.09. The van der Waals surface area contributed by atoms with Crippen LogP contribution < -0.4 is 11.3 Å². The maximum atomic E-state index is 12.6. The summed E-state index contributed by atoms with van der Waals surface area (Å²) in [6.07, 6.45) is 4.68. The van der Waals surface area contributed by atoms with Crippen LogP contribution in [0.3, 0.4) is 0 Å². The highest BCUT2D eigenvalue weighted by atomic mass is 35.5. The zero-order chi connectivity index (χ0) is 22.0. The summed E-state index contributed by atoms with van der Waals surface area (Å²) in [7, 11) is 0. The Labute approximate surface area is 196 Å². The van der Waals surface area contributed by atoms with Gasteiger partial charge in [-0.1, -0.05) is 23.7 Å². The van der Waals surface area contributed by atoms with Crippen molar-refractivity contribution in [1.82, 2.24) is 14.8 Å². The molecule has 4 rings (SSSR count). The third kappa shape index (κ3) is 4.70. The summed E-state index contributed by atoms with van der Waals surface area (Å²) in [4.78, 5) is 27.5. The van der Waals surface area contributed by atoms with E-state index in [9.17, 15) is 9.59 Å². The zero-order valence-corrected chi connectivity index (χ0v) is 18.9. The number of nitrogens with zero attached hydrogens (tertiary/aromatic N) is 3. The average Bonchev–Trinajstić information content (AvgIpc) is 2.79. The Morgan fingerprint density at radius 3 is 2.53 bits per heavy atom. The molecular weight excluding hydrogens is 451 g/mol. The van der Waals surface area contributed by atoms with E-state index < -0.39 is 5.97 Å². The van der Waals surface area contributed by atoms with Gasteiger partial charge in [0.15, 0.2) is 0 Å². The van der Waals surface area contributed by atoms with Crippen molar-refractivity contribution in [3.05, 3.63) is 81.4 Å². The number of aromatic nitrogens is 3. The molecule has 3 aromatic rings. The minimum absolute atomic E-state index is 0. The Hall–Kier alpha value is -2.74. The number of hydrogen-bond donors (Lipinski definition) is 2. The van der Waals surface area contributed by atoms with Crippen molar-refractivity contribution in [3.8, 4) is 11.3 Å². The molecular formula is C23H24Cl2N4O3. The number of carbonyl (C=O) groups is 1. The molecule has 7 nitrogen and oxygen atoms in total. The van der Waals surface area contributed by atoms with Gasteiger partial charge in [-0.05, 0) is 61.6 Å². The van der Waals surface area contributed by atoms with Gasteiger partial charge in [0, 0.05) is 34.8 Å². The van der Waals surface area contributed by atoms with Crippen molar-refractivity contribution in [3.63, 3.8) is 0 Å². The fourth-order valence-corrected chi connectivity index (χ4v) is 4.53. The molecule has 0 radical (unpaired) electrons. The smallest absolute Gasteiger partial charge is 0.354 e. The lowest BCUT2D eigenvalue weighted by Crippen LogP contribution is -2.41. The first-order valence-electron chi connectivity index (χ1n) is 10.2. The summed E-state index contributed by atoms with van der Waals surface area (Å²) < 4.78 is 1.54. The molecule has 0 bridgehead atoms. The van der Waals surface area contributed by atoms with Crippen LogP contribution in [0.1, 0.15) is 47.8 Å². The van der Waals surface area contributed by atoms with Crippen molar-refractivity contribution in [2.45, 2.75) is 37.1 Å². The van der Waals surface area contributed by atoms with Gasteiger partial charge in [-0.3, -0.25) is 4.79 Å². The van der Waals surface area contributed by atoms with Crippen LogP contribution in [-0.2, 0) is 5.41 Å². The fourth-order valence-electron chi connectivity index (χ4n) is 4.34. The Morgan fingerprint density at radius 2 is 1.94 bits per heavy atom. The van der Waals surface area contributed by atoms with E-state index in [2.05, 4.69) is 16.1 Å². The molecule has 1 fully saturated rings. The maximum absolute atomic E-state index is 12.6. The third-order valence-corrected chi connectivity index (χ3v) is 6.42. The molecule has 0 spiro atoms. The molecule has 1 aliphatic carbocycles. The number of pyridine rings is 1. The molecule has 1 aromatic carbocycles. The highest BCUT2D eigenvalue weighted by Crippen LogP contribution is 2.42. The highest BCUT2D eigenvalue weighted by Gasteiger charge is 2.37. The first-order valence-corrected chi connectivity index (χ1v) is 10.6. The molecule has 0 atom stereocenters. The second-order valence-corrected chi connectivity index (χ2v) is 8.40. The topological polar surface area (TPSA) is 111 Å². The van der Waals surface area contributed by atoms with Gasteiger partial charge in [-0.15, -0.1) is 12.4 Å². The van der Waals surface area contributed by atoms with Crippen LogP contribution in [0.5, 0.6) is 0 Å². The van der Waals surface area contributed by atoms with Crippen molar-refractivity contribution in [2.24, 2.45) is 5.73 Å². The van der Waals surface area contributed by atoms with E-state index in [-0.39, 0.29) is 35.1 Å². The molecule has 1 aliphatic rings. The number of aromatic carboxylic acids is 1. The van der Waals surface area contributed by atoms with Gasteiger partial charge in [0.1, 0.15) is 5.69 Å². The molecule has 2 aromatic heterocycles. The summed E-state index contributed by atoms with van der Waals surface area (Å²) in [5.41, 5.74) is 8.21. The summed E-state index contributed by atoms with van der Waals surface area (Å²) in [5, 5.41) is 14.3. The quantitative estimate of drug-likeness (QED) is 0.575. The van der Waals surface area contributed by atoms with Crippen molar-refractivity contribution in [2.75, 3.05) is 6.54 Å². The minimum atomic E-state index is -1.09. The average molecular weight is 475 g/mol. The highest BCUT2D eigenvalue weighted by molar-refractivity contribution is 6.30. The lowest BCUT2D eigenvalue weighted by Gasteiger charge is -2.40. The van der Waals surface area contributed by atoms with E-state index in [1.54, 1.807) is 16.8 Å². The Bertz CT molecular complexity index is 1160. The van der Waals surface area contributed by atoms with E-state index in [0.717, 1.165) is 31.2 Å². The lowest BCUT2D eigenvalue weighted by atomic mass is 9.68. The first-order chi connectivity index (χ1) is 14.9. The van der Waals surface area contributed by atoms with Crippen LogP contribution >= 0.6 is 24.0 Å². The standard InChI is InChI=1S/C23H23ClN4O3.ClH/c24-17-3-1-2-16(12-17)23(14-25)10-8-18(9-11-23)28-21(29)7-6-19(27-28)15-4-5-20(22(30)31)26-13-15;/h1-7,12-13,18H,8-11,14,25H2,(H,30,31);1H/t18-,23-;. The van der Waals surface area contributed by atoms with E-state index in [0.29, 0.717) is 22.8 Å². The monoisotopic (exact) mass is 474 g/mol. The first kappa shape index (κ1) is 23.9. The van der Waals surface area contributed by atoms with E-state index in [1.807, 2.05) is 18.2 Å². The molecule has 32 heavy (non-hydrogen) atoms. The molecule has 0 amide bonds. The largest absolute Gasteiger partial charge is 0.477 e. The van der Waals surface area contributed by atoms with Crippen LogP contribution in [0.25, 0.3) is 11.3 Å². The van der Waals surface area contributed by atoms with Crippen LogP contribution in [0.15, 0.2) is 59.5 Å². The molecule has 0 aliphatic heterocycles. The van der Waals surface area contributed by atoms with Crippen molar-refractivity contribution in [1.29, 1.82) is 0 Å². The van der Waals surface area contributed by atoms with Crippen LogP contribution in [0.2, 0.25) is 5.02 Å². The Morgan fingerprint density at radius 1 is 1.19 bits per heavy atom. The SMILES string of the molecule is Cl.NC[C@]1(c2cccc(Cl)c2)CC[C@H](n2nc(-c3ccc(C(=O)O)nc3)ccc2=O)CC1.